The molecule has 0 amide bonds. The van der Waals surface area contributed by atoms with Crippen molar-refractivity contribution in [3.8, 4) is 78.7 Å². The van der Waals surface area contributed by atoms with Crippen molar-refractivity contribution in [1.29, 1.82) is 0 Å². The SMILES string of the molecule is c1ccc(-c2ccc(-c3nc(-c4cc5ccccc5c5ccccc45)nc(-c4cccc5oc6c(-c7ccc(-c8ccccc8)c(-c8ccccc8)c7)cccc6c45)n3)cc2)cc1. The molecule has 0 aliphatic carbocycles. The lowest BCUT2D eigenvalue weighted by Gasteiger charge is -2.13. The molecular formula is C59H37N3O. The predicted octanol–water partition coefficient (Wildman–Crippen LogP) is 15.7. The Hall–Kier alpha value is -8.47. The van der Waals surface area contributed by atoms with Crippen LogP contribution in [0.1, 0.15) is 0 Å². The first-order chi connectivity index (χ1) is 31.2. The average Bonchev–Trinajstić information content (AvgIpc) is 3.76. The normalized spacial score (nSPS) is 11.5. The van der Waals surface area contributed by atoms with Gasteiger partial charge in [0.1, 0.15) is 11.2 Å². The summed E-state index contributed by atoms with van der Waals surface area (Å²) < 4.78 is 6.88. The van der Waals surface area contributed by atoms with Gasteiger partial charge in [0, 0.05) is 33.0 Å². The van der Waals surface area contributed by atoms with Crippen molar-refractivity contribution < 1.29 is 4.42 Å². The highest BCUT2D eigenvalue weighted by Gasteiger charge is 2.21. The number of hydrogen-bond donors (Lipinski definition) is 0. The van der Waals surface area contributed by atoms with Crippen LogP contribution in [0, 0.1) is 0 Å². The molecule has 12 aromatic rings. The van der Waals surface area contributed by atoms with Crippen LogP contribution in [-0.4, -0.2) is 15.0 Å². The predicted molar refractivity (Wildman–Crippen MR) is 260 cm³/mol. The van der Waals surface area contributed by atoms with Crippen molar-refractivity contribution in [3.63, 3.8) is 0 Å². The lowest BCUT2D eigenvalue weighted by atomic mass is 9.90. The summed E-state index contributed by atoms with van der Waals surface area (Å²) in [6, 6.07) is 78.7. The van der Waals surface area contributed by atoms with E-state index in [1.165, 1.54) is 16.5 Å². The fourth-order valence-electron chi connectivity index (χ4n) is 9.13. The Morgan fingerprint density at radius 1 is 0.270 bits per heavy atom. The van der Waals surface area contributed by atoms with Crippen LogP contribution in [0.3, 0.4) is 0 Å². The van der Waals surface area contributed by atoms with Gasteiger partial charge >= 0.3 is 0 Å². The topological polar surface area (TPSA) is 51.8 Å². The van der Waals surface area contributed by atoms with Gasteiger partial charge in [0.25, 0.3) is 0 Å². The second kappa shape index (κ2) is 15.2. The number of fused-ring (bicyclic) bond motifs is 6. The molecule has 0 saturated carbocycles. The number of aromatic nitrogens is 3. The lowest BCUT2D eigenvalue weighted by molar-refractivity contribution is 0.670. The molecule has 0 spiro atoms. The van der Waals surface area contributed by atoms with E-state index in [1.54, 1.807) is 0 Å². The molecule has 2 aromatic heterocycles. The molecule has 4 heteroatoms. The van der Waals surface area contributed by atoms with Gasteiger partial charge in [-0.1, -0.05) is 206 Å². The van der Waals surface area contributed by atoms with Crippen molar-refractivity contribution in [2.45, 2.75) is 0 Å². The Morgan fingerprint density at radius 3 is 1.54 bits per heavy atom. The zero-order chi connectivity index (χ0) is 41.7. The Labute approximate surface area is 364 Å². The summed E-state index contributed by atoms with van der Waals surface area (Å²) in [6.07, 6.45) is 0. The van der Waals surface area contributed by atoms with Gasteiger partial charge in [0.05, 0.1) is 0 Å². The van der Waals surface area contributed by atoms with Gasteiger partial charge in [-0.25, -0.2) is 15.0 Å². The summed E-state index contributed by atoms with van der Waals surface area (Å²) in [5, 5.41) is 6.53. The van der Waals surface area contributed by atoms with Gasteiger partial charge in [-0.05, 0) is 78.7 Å². The molecule has 0 atom stereocenters. The first kappa shape index (κ1) is 36.4. The van der Waals surface area contributed by atoms with E-state index in [2.05, 4.69) is 206 Å². The number of para-hydroxylation sites is 1. The molecule has 63 heavy (non-hydrogen) atoms. The van der Waals surface area contributed by atoms with E-state index in [0.717, 1.165) is 88.2 Å². The Bertz CT molecular complexity index is 3650. The van der Waals surface area contributed by atoms with E-state index in [1.807, 2.05) is 18.2 Å². The maximum Gasteiger partial charge on any atom is 0.164 e. The van der Waals surface area contributed by atoms with E-state index in [-0.39, 0.29) is 0 Å². The molecule has 0 fully saturated rings. The van der Waals surface area contributed by atoms with Crippen molar-refractivity contribution in [2.24, 2.45) is 0 Å². The Balaban J connectivity index is 1.06. The third kappa shape index (κ3) is 6.44. The van der Waals surface area contributed by atoms with E-state index >= 15 is 0 Å². The van der Waals surface area contributed by atoms with Crippen LogP contribution in [0.5, 0.6) is 0 Å². The molecule has 294 valence electrons. The molecular weight excluding hydrogens is 767 g/mol. The molecule has 0 aliphatic heterocycles. The summed E-state index contributed by atoms with van der Waals surface area (Å²) >= 11 is 0. The van der Waals surface area contributed by atoms with Gasteiger partial charge in [0.15, 0.2) is 17.5 Å². The van der Waals surface area contributed by atoms with Crippen LogP contribution >= 0.6 is 0 Å². The highest BCUT2D eigenvalue weighted by atomic mass is 16.3. The number of hydrogen-bond acceptors (Lipinski definition) is 4. The molecule has 10 aromatic carbocycles. The van der Waals surface area contributed by atoms with E-state index < -0.39 is 0 Å². The smallest absolute Gasteiger partial charge is 0.164 e. The summed E-state index contributed by atoms with van der Waals surface area (Å²) in [4.78, 5) is 15.9. The first-order valence-electron chi connectivity index (χ1n) is 21.3. The number of nitrogens with zero attached hydrogens (tertiary/aromatic N) is 3. The van der Waals surface area contributed by atoms with Gasteiger partial charge in [-0.3, -0.25) is 0 Å². The number of benzene rings is 10. The summed E-state index contributed by atoms with van der Waals surface area (Å²) in [5.41, 5.74) is 13.4. The molecule has 0 unspecified atom stereocenters. The van der Waals surface area contributed by atoms with Crippen molar-refractivity contribution in [2.75, 3.05) is 0 Å². The molecule has 0 aliphatic rings. The van der Waals surface area contributed by atoms with E-state index in [4.69, 9.17) is 19.4 Å². The third-order valence-corrected chi connectivity index (χ3v) is 12.2. The Kier molecular flexibility index (Phi) is 8.79. The second-order valence-corrected chi connectivity index (χ2v) is 15.9. The van der Waals surface area contributed by atoms with Crippen LogP contribution in [-0.2, 0) is 0 Å². The molecule has 0 radical (unpaired) electrons. The van der Waals surface area contributed by atoms with Crippen LogP contribution in [0.15, 0.2) is 229 Å². The molecule has 2 heterocycles. The lowest BCUT2D eigenvalue weighted by Crippen LogP contribution is -2.01. The largest absolute Gasteiger partial charge is 0.455 e. The quantitative estimate of drug-likeness (QED) is 0.151. The van der Waals surface area contributed by atoms with Gasteiger partial charge in [-0.2, -0.15) is 0 Å². The minimum atomic E-state index is 0.580. The van der Waals surface area contributed by atoms with Crippen LogP contribution in [0.2, 0.25) is 0 Å². The van der Waals surface area contributed by atoms with Crippen LogP contribution < -0.4 is 0 Å². The fourth-order valence-corrected chi connectivity index (χ4v) is 9.13. The van der Waals surface area contributed by atoms with E-state index in [9.17, 15) is 0 Å². The van der Waals surface area contributed by atoms with Crippen molar-refractivity contribution in [3.05, 3.63) is 224 Å². The first-order valence-corrected chi connectivity index (χ1v) is 21.3. The third-order valence-electron chi connectivity index (χ3n) is 12.2. The number of furan rings is 1. The van der Waals surface area contributed by atoms with Crippen molar-refractivity contribution >= 4 is 43.5 Å². The zero-order valence-corrected chi connectivity index (χ0v) is 34.1. The summed E-state index contributed by atoms with van der Waals surface area (Å²) in [7, 11) is 0. The maximum absolute atomic E-state index is 6.88. The van der Waals surface area contributed by atoms with Gasteiger partial charge in [0.2, 0.25) is 0 Å². The Morgan fingerprint density at radius 2 is 0.794 bits per heavy atom. The molecule has 12 rings (SSSR count). The second-order valence-electron chi connectivity index (χ2n) is 15.9. The van der Waals surface area contributed by atoms with Crippen LogP contribution in [0.4, 0.5) is 0 Å². The minimum Gasteiger partial charge on any atom is -0.455 e. The standard InChI is InChI=1S/C59H37N3O/c1-4-16-38(17-5-1)39-30-32-42(33-31-39)57-60-58(62-59(61-57)53-37-43-22-10-11-23-45(43)48-24-12-13-25-49(48)53)51-28-15-29-54-55(51)50-27-14-26-47(56(50)63-54)44-34-35-46(40-18-6-2-7-19-40)52(36-44)41-20-8-3-9-21-41/h1-37H. The minimum absolute atomic E-state index is 0.580. The number of rotatable bonds is 7. The summed E-state index contributed by atoms with van der Waals surface area (Å²) in [5.74, 6) is 1.79. The molecule has 0 N–H and O–H groups in total. The van der Waals surface area contributed by atoms with Gasteiger partial charge < -0.3 is 4.42 Å². The van der Waals surface area contributed by atoms with E-state index in [0.29, 0.717) is 17.5 Å². The molecule has 0 bridgehead atoms. The maximum atomic E-state index is 6.88. The van der Waals surface area contributed by atoms with Crippen molar-refractivity contribution in [1.82, 2.24) is 15.0 Å². The fraction of sp³-hybridized carbons (Fsp3) is 0. The summed E-state index contributed by atoms with van der Waals surface area (Å²) in [6.45, 7) is 0. The van der Waals surface area contributed by atoms with Crippen LogP contribution in [0.25, 0.3) is 122 Å². The zero-order valence-electron chi connectivity index (χ0n) is 34.1. The van der Waals surface area contributed by atoms with Gasteiger partial charge in [-0.15, -0.1) is 0 Å². The average molecular weight is 804 g/mol. The molecule has 4 nitrogen and oxygen atoms in total. The highest BCUT2D eigenvalue weighted by Crippen LogP contribution is 2.43. The molecule has 0 saturated heterocycles. The highest BCUT2D eigenvalue weighted by molar-refractivity contribution is 6.16. The monoisotopic (exact) mass is 803 g/mol.